The number of benzene rings is 2. The minimum atomic E-state index is -0.201. The summed E-state index contributed by atoms with van der Waals surface area (Å²) in [4.78, 5) is 34.6. The van der Waals surface area contributed by atoms with Gasteiger partial charge in [0.05, 0.1) is 37.3 Å². The van der Waals surface area contributed by atoms with E-state index in [1.807, 2.05) is 30.3 Å². The Hall–Kier alpha value is -3.39. The van der Waals surface area contributed by atoms with E-state index in [0.29, 0.717) is 49.3 Å². The lowest BCUT2D eigenvalue weighted by Crippen LogP contribution is -2.38. The van der Waals surface area contributed by atoms with Gasteiger partial charge in [0.2, 0.25) is 5.91 Å². The van der Waals surface area contributed by atoms with Gasteiger partial charge in [0.1, 0.15) is 17.3 Å². The number of aromatic nitrogens is 2. The molecule has 0 spiro atoms. The fourth-order valence-corrected chi connectivity index (χ4v) is 3.92. The van der Waals surface area contributed by atoms with E-state index in [1.165, 1.54) is 0 Å². The van der Waals surface area contributed by atoms with Crippen LogP contribution in [0.25, 0.3) is 10.9 Å². The monoisotopic (exact) mass is 451 g/mol. The molecule has 8 nitrogen and oxygen atoms in total. The summed E-state index contributed by atoms with van der Waals surface area (Å²) in [6, 6.07) is 14.5. The van der Waals surface area contributed by atoms with Gasteiger partial charge >= 0.3 is 0 Å². The highest BCUT2D eigenvalue weighted by Gasteiger charge is 2.23. The van der Waals surface area contributed by atoms with Crippen molar-refractivity contribution in [3.05, 3.63) is 64.7 Å². The molecule has 1 atom stereocenters. The SMILES string of the molecule is COc1ccc(OCCCC(=O)N(Cc2nc3ccccc3c(=O)[nH]2)CC2CCCO2)cc1. The van der Waals surface area contributed by atoms with Crippen LogP contribution in [0.5, 0.6) is 11.5 Å². The number of para-hydroxylation sites is 1. The van der Waals surface area contributed by atoms with Crippen LogP contribution in [-0.4, -0.2) is 53.7 Å². The highest BCUT2D eigenvalue weighted by Crippen LogP contribution is 2.18. The molecule has 0 aliphatic carbocycles. The number of nitrogens with one attached hydrogen (secondary N) is 1. The second kappa shape index (κ2) is 11.0. The van der Waals surface area contributed by atoms with Crippen LogP contribution in [0.3, 0.4) is 0 Å². The van der Waals surface area contributed by atoms with Crippen LogP contribution in [0.2, 0.25) is 0 Å². The number of carbonyl (C=O) groups excluding carboxylic acids is 1. The normalized spacial score (nSPS) is 15.5. The Morgan fingerprint density at radius 1 is 1.18 bits per heavy atom. The number of rotatable bonds is 10. The predicted octanol–water partition coefficient (Wildman–Crippen LogP) is 3.30. The van der Waals surface area contributed by atoms with Crippen molar-refractivity contribution in [2.75, 3.05) is 26.9 Å². The maximum atomic E-state index is 13.1. The van der Waals surface area contributed by atoms with Crippen molar-refractivity contribution in [3.8, 4) is 11.5 Å². The molecular weight excluding hydrogens is 422 g/mol. The zero-order chi connectivity index (χ0) is 23.0. The minimum absolute atomic E-state index is 0.0108. The number of H-pyrrole nitrogens is 1. The Bertz CT molecular complexity index is 1120. The topological polar surface area (TPSA) is 93.8 Å². The highest BCUT2D eigenvalue weighted by atomic mass is 16.5. The molecule has 8 heteroatoms. The van der Waals surface area contributed by atoms with Crippen molar-refractivity contribution < 1.29 is 19.0 Å². The molecule has 1 aliphatic rings. The molecule has 174 valence electrons. The van der Waals surface area contributed by atoms with Gasteiger partial charge in [-0.1, -0.05) is 12.1 Å². The third-order valence-electron chi connectivity index (χ3n) is 5.67. The third kappa shape index (κ3) is 6.10. The van der Waals surface area contributed by atoms with E-state index in [0.717, 1.165) is 24.3 Å². The molecule has 1 fully saturated rings. The van der Waals surface area contributed by atoms with Crippen LogP contribution in [-0.2, 0) is 16.1 Å². The summed E-state index contributed by atoms with van der Waals surface area (Å²) in [7, 11) is 1.62. The summed E-state index contributed by atoms with van der Waals surface area (Å²) in [5, 5.41) is 0.536. The van der Waals surface area contributed by atoms with E-state index in [1.54, 1.807) is 30.2 Å². The summed E-state index contributed by atoms with van der Waals surface area (Å²) in [5.41, 5.74) is 0.418. The maximum absolute atomic E-state index is 13.1. The molecular formula is C25H29N3O5. The Morgan fingerprint density at radius 3 is 2.73 bits per heavy atom. The number of aromatic amines is 1. The minimum Gasteiger partial charge on any atom is -0.497 e. The number of fused-ring (bicyclic) bond motifs is 1. The predicted molar refractivity (Wildman–Crippen MR) is 124 cm³/mol. The van der Waals surface area contributed by atoms with Crippen molar-refractivity contribution in [2.24, 2.45) is 0 Å². The van der Waals surface area contributed by atoms with Crippen molar-refractivity contribution in [1.82, 2.24) is 14.9 Å². The van der Waals surface area contributed by atoms with E-state index in [9.17, 15) is 9.59 Å². The smallest absolute Gasteiger partial charge is 0.258 e. The van der Waals surface area contributed by atoms with Crippen LogP contribution in [0.15, 0.2) is 53.3 Å². The summed E-state index contributed by atoms with van der Waals surface area (Å²) < 4.78 is 16.6. The van der Waals surface area contributed by atoms with E-state index in [2.05, 4.69) is 9.97 Å². The first-order chi connectivity index (χ1) is 16.1. The molecule has 2 aromatic carbocycles. The Kier molecular flexibility index (Phi) is 7.57. The summed E-state index contributed by atoms with van der Waals surface area (Å²) >= 11 is 0. The molecule has 4 rings (SSSR count). The van der Waals surface area contributed by atoms with E-state index < -0.39 is 0 Å². The second-order valence-corrected chi connectivity index (χ2v) is 8.07. The van der Waals surface area contributed by atoms with Gasteiger partial charge in [0.15, 0.2) is 0 Å². The molecule has 1 amide bonds. The van der Waals surface area contributed by atoms with Crippen LogP contribution in [0.4, 0.5) is 0 Å². The summed E-state index contributed by atoms with van der Waals surface area (Å²) in [5.74, 6) is 1.96. The zero-order valence-electron chi connectivity index (χ0n) is 18.8. The first kappa shape index (κ1) is 22.8. The number of hydrogen-bond donors (Lipinski definition) is 1. The molecule has 1 aromatic heterocycles. The molecule has 1 saturated heterocycles. The van der Waals surface area contributed by atoms with Crippen LogP contribution < -0.4 is 15.0 Å². The lowest BCUT2D eigenvalue weighted by Gasteiger charge is -2.25. The fourth-order valence-electron chi connectivity index (χ4n) is 3.92. The molecule has 0 saturated carbocycles. The van der Waals surface area contributed by atoms with Crippen molar-refractivity contribution in [3.63, 3.8) is 0 Å². The van der Waals surface area contributed by atoms with Crippen LogP contribution in [0, 0.1) is 0 Å². The lowest BCUT2D eigenvalue weighted by molar-refractivity contribution is -0.133. The number of carbonyl (C=O) groups is 1. The van der Waals surface area contributed by atoms with Gasteiger partial charge in [-0.3, -0.25) is 9.59 Å². The van der Waals surface area contributed by atoms with Gasteiger partial charge in [-0.15, -0.1) is 0 Å². The quantitative estimate of drug-likeness (QED) is 0.476. The number of methoxy groups -OCH3 is 1. The van der Waals surface area contributed by atoms with Crippen LogP contribution in [0.1, 0.15) is 31.5 Å². The number of ether oxygens (including phenoxy) is 3. The molecule has 33 heavy (non-hydrogen) atoms. The van der Waals surface area contributed by atoms with Gasteiger partial charge < -0.3 is 24.1 Å². The molecule has 3 aromatic rings. The fraction of sp³-hybridized carbons (Fsp3) is 0.400. The van der Waals surface area contributed by atoms with Gasteiger partial charge in [-0.2, -0.15) is 0 Å². The van der Waals surface area contributed by atoms with Crippen molar-refractivity contribution in [2.45, 2.75) is 38.3 Å². The first-order valence-corrected chi connectivity index (χ1v) is 11.3. The van der Waals surface area contributed by atoms with Crippen molar-refractivity contribution in [1.29, 1.82) is 0 Å². The molecule has 1 aliphatic heterocycles. The van der Waals surface area contributed by atoms with E-state index in [-0.39, 0.29) is 24.1 Å². The van der Waals surface area contributed by atoms with Gasteiger partial charge in [-0.05, 0) is 55.7 Å². The second-order valence-electron chi connectivity index (χ2n) is 8.07. The zero-order valence-corrected chi connectivity index (χ0v) is 18.8. The standard InChI is InChI=1S/C25H29N3O5/c1-31-18-10-12-19(13-11-18)32-15-5-9-24(29)28(16-20-6-4-14-33-20)17-23-26-22-8-3-2-7-21(22)25(30)27-23/h2-3,7-8,10-13,20H,4-6,9,14-17H2,1H3,(H,26,27,30). The molecule has 1 N–H and O–H groups in total. The summed E-state index contributed by atoms with van der Waals surface area (Å²) in [6.07, 6.45) is 2.84. The number of hydrogen-bond acceptors (Lipinski definition) is 6. The Morgan fingerprint density at radius 2 is 1.97 bits per heavy atom. The Balaban J connectivity index is 1.38. The molecule has 0 bridgehead atoms. The van der Waals surface area contributed by atoms with Crippen LogP contribution >= 0.6 is 0 Å². The average molecular weight is 452 g/mol. The third-order valence-corrected chi connectivity index (χ3v) is 5.67. The van der Waals surface area contributed by atoms with Crippen molar-refractivity contribution >= 4 is 16.8 Å². The number of nitrogens with zero attached hydrogens (tertiary/aromatic N) is 2. The van der Waals surface area contributed by atoms with Gasteiger partial charge in [0, 0.05) is 19.6 Å². The molecule has 1 unspecified atom stereocenters. The lowest BCUT2D eigenvalue weighted by atomic mass is 10.2. The summed E-state index contributed by atoms with van der Waals surface area (Å²) in [6.45, 7) is 1.86. The van der Waals surface area contributed by atoms with E-state index in [4.69, 9.17) is 14.2 Å². The van der Waals surface area contributed by atoms with Gasteiger partial charge in [-0.25, -0.2) is 4.98 Å². The molecule has 0 radical (unpaired) electrons. The maximum Gasteiger partial charge on any atom is 0.258 e. The average Bonchev–Trinajstić information content (AvgIpc) is 3.35. The Labute approximate surface area is 192 Å². The van der Waals surface area contributed by atoms with Gasteiger partial charge in [0.25, 0.3) is 5.56 Å². The first-order valence-electron chi connectivity index (χ1n) is 11.3. The highest BCUT2D eigenvalue weighted by molar-refractivity contribution is 5.78. The largest absolute Gasteiger partial charge is 0.497 e. The number of amides is 1. The molecule has 2 heterocycles. The van der Waals surface area contributed by atoms with E-state index >= 15 is 0 Å².